The van der Waals surface area contributed by atoms with E-state index in [0.717, 1.165) is 0 Å². The summed E-state index contributed by atoms with van der Waals surface area (Å²) in [5, 5.41) is 8.51. The van der Waals surface area contributed by atoms with Crippen LogP contribution in [0.25, 0.3) is 0 Å². The smallest absolute Gasteiger partial charge is 0.212 e. The first-order valence-electron chi connectivity index (χ1n) is 5.07. The summed E-state index contributed by atoms with van der Waals surface area (Å²) in [6.45, 7) is 7.48. The maximum Gasteiger partial charge on any atom is 0.212 e. The van der Waals surface area contributed by atoms with E-state index in [9.17, 15) is 8.42 Å². The number of nitrogens with zero attached hydrogens (tertiary/aromatic N) is 1. The van der Waals surface area contributed by atoms with Crippen molar-refractivity contribution in [3.63, 3.8) is 0 Å². The monoisotopic (exact) mass is 232 g/mol. The zero-order valence-electron chi connectivity index (χ0n) is 9.87. The van der Waals surface area contributed by atoms with Crippen molar-refractivity contribution in [3.05, 3.63) is 0 Å². The molecule has 5 heteroatoms. The Labute approximate surface area is 92.7 Å². The summed E-state index contributed by atoms with van der Waals surface area (Å²) in [7, 11) is -3.27. The third kappa shape index (κ3) is 7.34. The van der Waals surface area contributed by atoms with E-state index in [0.29, 0.717) is 6.42 Å². The van der Waals surface area contributed by atoms with Gasteiger partial charge in [0.1, 0.15) is 0 Å². The quantitative estimate of drug-likeness (QED) is 0.783. The fraction of sp³-hybridized carbons (Fsp3) is 0.900. The van der Waals surface area contributed by atoms with Crippen molar-refractivity contribution in [1.82, 2.24) is 4.72 Å². The van der Waals surface area contributed by atoms with Crippen molar-refractivity contribution >= 4 is 10.0 Å². The molecule has 88 valence electrons. The van der Waals surface area contributed by atoms with Gasteiger partial charge >= 0.3 is 0 Å². The molecule has 0 aromatic carbocycles. The molecule has 0 spiro atoms. The van der Waals surface area contributed by atoms with E-state index >= 15 is 0 Å². The van der Waals surface area contributed by atoms with E-state index in [1.807, 2.05) is 33.8 Å². The maximum absolute atomic E-state index is 11.7. The highest BCUT2D eigenvalue weighted by atomic mass is 32.2. The second-order valence-corrected chi connectivity index (χ2v) is 6.66. The molecule has 0 fully saturated rings. The standard InChI is InChI=1S/C10H20N2O2S/c1-5-9(6-7-11)12-15(13,14)8-10(2,3)4/h9,12H,5-6,8H2,1-4H3. The van der Waals surface area contributed by atoms with Crippen LogP contribution in [0.4, 0.5) is 0 Å². The van der Waals surface area contributed by atoms with Gasteiger partial charge in [0, 0.05) is 6.04 Å². The molecule has 0 aliphatic carbocycles. The van der Waals surface area contributed by atoms with Gasteiger partial charge in [-0.15, -0.1) is 0 Å². The maximum atomic E-state index is 11.7. The van der Waals surface area contributed by atoms with Crippen molar-refractivity contribution < 1.29 is 8.42 Å². The van der Waals surface area contributed by atoms with Crippen molar-refractivity contribution in [2.75, 3.05) is 5.75 Å². The summed E-state index contributed by atoms with van der Waals surface area (Å²) in [5.74, 6) is 0.0852. The summed E-state index contributed by atoms with van der Waals surface area (Å²) < 4.78 is 25.9. The Kier molecular flexibility index (Phi) is 5.26. The number of sulfonamides is 1. The van der Waals surface area contributed by atoms with Crippen LogP contribution in [0.3, 0.4) is 0 Å². The van der Waals surface area contributed by atoms with E-state index in [1.165, 1.54) is 0 Å². The van der Waals surface area contributed by atoms with Gasteiger partial charge in [0.2, 0.25) is 10.0 Å². The molecule has 0 rings (SSSR count). The topological polar surface area (TPSA) is 70.0 Å². The summed E-state index contributed by atoms with van der Waals surface area (Å²) >= 11 is 0. The van der Waals surface area contributed by atoms with Crippen LogP contribution in [0.5, 0.6) is 0 Å². The highest BCUT2D eigenvalue weighted by Gasteiger charge is 2.23. The number of hydrogen-bond acceptors (Lipinski definition) is 3. The Hall–Kier alpha value is -0.600. The highest BCUT2D eigenvalue weighted by molar-refractivity contribution is 7.89. The number of hydrogen-bond donors (Lipinski definition) is 1. The van der Waals surface area contributed by atoms with Gasteiger partial charge in [0.25, 0.3) is 0 Å². The van der Waals surface area contributed by atoms with Crippen LogP contribution in [0, 0.1) is 16.7 Å². The Morgan fingerprint density at radius 1 is 1.40 bits per heavy atom. The molecule has 15 heavy (non-hydrogen) atoms. The second-order valence-electron chi connectivity index (χ2n) is 4.91. The normalized spacial score (nSPS) is 14.6. The minimum absolute atomic E-state index is 0.0852. The van der Waals surface area contributed by atoms with Crippen LogP contribution in [0.15, 0.2) is 0 Å². The summed E-state index contributed by atoms with van der Waals surface area (Å²) in [5.41, 5.74) is -0.267. The summed E-state index contributed by atoms with van der Waals surface area (Å²) in [4.78, 5) is 0. The molecule has 0 bridgehead atoms. The van der Waals surface area contributed by atoms with E-state index in [4.69, 9.17) is 5.26 Å². The zero-order chi connectivity index (χ0) is 12.1. The summed E-state index contributed by atoms with van der Waals surface area (Å²) in [6, 6.07) is 1.72. The molecule has 1 N–H and O–H groups in total. The molecule has 0 aliphatic rings. The summed E-state index contributed by atoms with van der Waals surface area (Å²) in [6.07, 6.45) is 0.858. The third-order valence-electron chi connectivity index (χ3n) is 1.80. The van der Waals surface area contributed by atoms with Gasteiger partial charge in [-0.3, -0.25) is 0 Å². The van der Waals surface area contributed by atoms with Gasteiger partial charge in [-0.25, -0.2) is 13.1 Å². The molecule has 0 radical (unpaired) electrons. The lowest BCUT2D eigenvalue weighted by atomic mass is 10.0. The van der Waals surface area contributed by atoms with Crippen molar-refractivity contribution in [2.24, 2.45) is 5.41 Å². The number of nitriles is 1. The fourth-order valence-corrected chi connectivity index (χ4v) is 3.23. The van der Waals surface area contributed by atoms with Gasteiger partial charge in [-0.2, -0.15) is 5.26 Å². The van der Waals surface area contributed by atoms with Gasteiger partial charge in [0.05, 0.1) is 18.2 Å². The van der Waals surface area contributed by atoms with Gasteiger partial charge in [0.15, 0.2) is 0 Å². The first-order valence-corrected chi connectivity index (χ1v) is 6.72. The minimum atomic E-state index is -3.27. The van der Waals surface area contributed by atoms with Crippen molar-refractivity contribution in [3.8, 4) is 6.07 Å². The predicted octanol–water partition coefficient (Wildman–Crippen LogP) is 1.64. The molecule has 0 aromatic rings. The number of rotatable bonds is 5. The third-order valence-corrected chi connectivity index (χ3v) is 3.74. The molecule has 0 amide bonds. The van der Waals surface area contributed by atoms with Gasteiger partial charge < -0.3 is 0 Å². The molecule has 1 atom stereocenters. The highest BCUT2D eigenvalue weighted by Crippen LogP contribution is 2.16. The average Bonchev–Trinajstić information content (AvgIpc) is 1.98. The Morgan fingerprint density at radius 3 is 2.27 bits per heavy atom. The van der Waals surface area contributed by atoms with E-state index in [2.05, 4.69) is 4.72 Å². The first-order chi connectivity index (χ1) is 6.70. The van der Waals surface area contributed by atoms with Gasteiger partial charge in [-0.1, -0.05) is 27.7 Å². The molecule has 0 heterocycles. The molecule has 0 saturated heterocycles. The average molecular weight is 232 g/mol. The lowest BCUT2D eigenvalue weighted by Crippen LogP contribution is -2.38. The van der Waals surface area contributed by atoms with Crippen LogP contribution < -0.4 is 4.72 Å². The Bertz CT molecular complexity index is 322. The SMILES string of the molecule is CCC(CC#N)NS(=O)(=O)CC(C)(C)C. The predicted molar refractivity (Wildman–Crippen MR) is 60.7 cm³/mol. The van der Waals surface area contributed by atoms with Crippen LogP contribution >= 0.6 is 0 Å². The van der Waals surface area contributed by atoms with E-state index < -0.39 is 10.0 Å². The Balaban J connectivity index is 4.44. The van der Waals surface area contributed by atoms with Crippen LogP contribution in [0.2, 0.25) is 0 Å². The molecule has 4 nitrogen and oxygen atoms in total. The molecule has 0 aliphatic heterocycles. The zero-order valence-corrected chi connectivity index (χ0v) is 10.7. The fourth-order valence-electron chi connectivity index (χ4n) is 1.25. The van der Waals surface area contributed by atoms with Gasteiger partial charge in [-0.05, 0) is 11.8 Å². The van der Waals surface area contributed by atoms with E-state index in [1.54, 1.807) is 0 Å². The molecular formula is C10H20N2O2S. The van der Waals surface area contributed by atoms with Crippen LogP contribution in [-0.2, 0) is 10.0 Å². The first kappa shape index (κ1) is 14.4. The lowest BCUT2D eigenvalue weighted by Gasteiger charge is -2.21. The molecule has 0 aromatic heterocycles. The molecule has 0 saturated carbocycles. The largest absolute Gasteiger partial charge is 0.212 e. The Morgan fingerprint density at radius 2 is 1.93 bits per heavy atom. The second kappa shape index (κ2) is 5.47. The molecule has 1 unspecified atom stereocenters. The molecular weight excluding hydrogens is 212 g/mol. The van der Waals surface area contributed by atoms with Crippen LogP contribution in [0.1, 0.15) is 40.5 Å². The minimum Gasteiger partial charge on any atom is -0.212 e. The van der Waals surface area contributed by atoms with Crippen molar-refractivity contribution in [2.45, 2.75) is 46.6 Å². The lowest BCUT2D eigenvalue weighted by molar-refractivity contribution is 0.452. The van der Waals surface area contributed by atoms with Crippen molar-refractivity contribution in [1.29, 1.82) is 5.26 Å². The van der Waals surface area contributed by atoms with Crippen LogP contribution in [-0.4, -0.2) is 20.2 Å². The van der Waals surface area contributed by atoms with E-state index in [-0.39, 0.29) is 23.6 Å². The number of nitrogens with one attached hydrogen (secondary N) is 1.